The summed E-state index contributed by atoms with van der Waals surface area (Å²) in [5, 5.41) is 10.9. The molecule has 2 atom stereocenters. The Bertz CT molecular complexity index is 753. The van der Waals surface area contributed by atoms with Gasteiger partial charge in [0.25, 0.3) is 0 Å². The summed E-state index contributed by atoms with van der Waals surface area (Å²) in [6.45, 7) is 5.80. The summed E-state index contributed by atoms with van der Waals surface area (Å²) in [6, 6.07) is 5.63. The first-order valence-corrected chi connectivity index (χ1v) is 9.15. The maximum absolute atomic E-state index is 12.6. The lowest BCUT2D eigenvalue weighted by Gasteiger charge is -2.27. The third-order valence-electron chi connectivity index (χ3n) is 4.88. The number of urea groups is 1. The summed E-state index contributed by atoms with van der Waals surface area (Å²) in [6.07, 6.45) is 3.77. The number of aromatic nitrogens is 1. The fourth-order valence-electron chi connectivity index (χ4n) is 3.64. The number of amides is 2. The van der Waals surface area contributed by atoms with E-state index < -0.39 is 0 Å². The number of halogens is 1. The first-order chi connectivity index (χ1) is 12.0. The van der Waals surface area contributed by atoms with Crippen LogP contribution in [0.4, 0.5) is 4.79 Å². The van der Waals surface area contributed by atoms with Crippen LogP contribution >= 0.6 is 11.6 Å². The number of fused-ring (bicyclic) bond motifs is 1. The smallest absolute Gasteiger partial charge is 0.315 e. The SMILES string of the molecule is CCC(NC(=O)N[C@@H]1CCCc2ccc(Cl)cc21)c1c(C)noc1C. The van der Waals surface area contributed by atoms with Crippen LogP contribution in [0, 0.1) is 13.8 Å². The highest BCUT2D eigenvalue weighted by Crippen LogP contribution is 2.32. The molecule has 134 valence electrons. The highest BCUT2D eigenvalue weighted by Gasteiger charge is 2.25. The maximum atomic E-state index is 12.6. The molecule has 1 aromatic heterocycles. The number of hydrogen-bond acceptors (Lipinski definition) is 3. The van der Waals surface area contributed by atoms with Gasteiger partial charge in [-0.25, -0.2) is 4.79 Å². The van der Waals surface area contributed by atoms with Gasteiger partial charge in [0.1, 0.15) is 5.76 Å². The van der Waals surface area contributed by atoms with E-state index in [4.69, 9.17) is 16.1 Å². The molecule has 6 heteroatoms. The Morgan fingerprint density at radius 1 is 1.44 bits per heavy atom. The lowest BCUT2D eigenvalue weighted by molar-refractivity contribution is 0.231. The molecule has 3 rings (SSSR count). The van der Waals surface area contributed by atoms with E-state index in [1.54, 1.807) is 0 Å². The number of rotatable bonds is 4. The number of carbonyl (C=O) groups is 1. The average molecular weight is 362 g/mol. The molecule has 1 heterocycles. The van der Waals surface area contributed by atoms with Crippen molar-refractivity contribution >= 4 is 17.6 Å². The van der Waals surface area contributed by atoms with Gasteiger partial charge < -0.3 is 15.2 Å². The standard InChI is InChI=1S/C19H24ClN3O2/c1-4-16(18-11(2)23-25-12(18)3)21-19(24)22-17-7-5-6-13-8-9-14(20)10-15(13)17/h8-10,16-17H,4-7H2,1-3H3,(H2,21,22,24)/t16?,17-/m1/s1. The van der Waals surface area contributed by atoms with E-state index in [1.807, 2.05) is 32.9 Å². The van der Waals surface area contributed by atoms with Crippen molar-refractivity contribution in [2.75, 3.05) is 0 Å². The summed E-state index contributed by atoms with van der Waals surface area (Å²) in [7, 11) is 0. The predicted octanol–water partition coefficient (Wildman–Crippen LogP) is 4.77. The van der Waals surface area contributed by atoms with Crippen LogP contribution < -0.4 is 10.6 Å². The second-order valence-electron chi connectivity index (χ2n) is 6.60. The van der Waals surface area contributed by atoms with E-state index >= 15 is 0 Å². The van der Waals surface area contributed by atoms with Crippen molar-refractivity contribution in [1.82, 2.24) is 15.8 Å². The van der Waals surface area contributed by atoms with E-state index in [0.717, 1.165) is 48.3 Å². The summed E-state index contributed by atoms with van der Waals surface area (Å²) in [5.74, 6) is 0.749. The van der Waals surface area contributed by atoms with E-state index in [1.165, 1.54) is 5.56 Å². The number of nitrogens with zero attached hydrogens (tertiary/aromatic N) is 1. The Morgan fingerprint density at radius 2 is 2.24 bits per heavy atom. The zero-order chi connectivity index (χ0) is 18.0. The van der Waals surface area contributed by atoms with Crippen LogP contribution in [-0.2, 0) is 6.42 Å². The minimum atomic E-state index is -0.176. The second kappa shape index (κ2) is 7.48. The average Bonchev–Trinajstić information content (AvgIpc) is 2.92. The van der Waals surface area contributed by atoms with E-state index in [9.17, 15) is 4.79 Å². The largest absolute Gasteiger partial charge is 0.361 e. The molecule has 2 amide bonds. The Hall–Kier alpha value is -2.01. The summed E-state index contributed by atoms with van der Waals surface area (Å²) < 4.78 is 5.23. The van der Waals surface area contributed by atoms with Gasteiger partial charge >= 0.3 is 6.03 Å². The molecule has 5 nitrogen and oxygen atoms in total. The molecule has 2 aromatic rings. The van der Waals surface area contributed by atoms with Crippen molar-refractivity contribution in [1.29, 1.82) is 0 Å². The third kappa shape index (κ3) is 3.82. The van der Waals surface area contributed by atoms with Gasteiger partial charge in [0, 0.05) is 10.6 Å². The van der Waals surface area contributed by atoms with Crippen molar-refractivity contribution in [3.63, 3.8) is 0 Å². The lowest BCUT2D eigenvalue weighted by atomic mass is 9.88. The van der Waals surface area contributed by atoms with Crippen LogP contribution in [0.25, 0.3) is 0 Å². The third-order valence-corrected chi connectivity index (χ3v) is 5.11. The molecule has 0 spiro atoms. The topological polar surface area (TPSA) is 67.2 Å². The molecule has 1 aliphatic rings. The molecule has 0 aliphatic heterocycles. The second-order valence-corrected chi connectivity index (χ2v) is 7.04. The molecule has 2 N–H and O–H groups in total. The molecule has 0 saturated carbocycles. The summed E-state index contributed by atoms with van der Waals surface area (Å²) in [5.41, 5.74) is 4.17. The van der Waals surface area contributed by atoms with Crippen LogP contribution in [0.3, 0.4) is 0 Å². The number of nitrogens with one attached hydrogen (secondary N) is 2. The van der Waals surface area contributed by atoms with Gasteiger partial charge in [0.2, 0.25) is 0 Å². The Kier molecular flexibility index (Phi) is 5.33. The molecule has 0 fully saturated rings. The number of carbonyl (C=O) groups excluding carboxylic acids is 1. The first-order valence-electron chi connectivity index (χ1n) is 8.77. The Morgan fingerprint density at radius 3 is 2.92 bits per heavy atom. The molecular weight excluding hydrogens is 338 g/mol. The highest BCUT2D eigenvalue weighted by atomic mass is 35.5. The monoisotopic (exact) mass is 361 g/mol. The van der Waals surface area contributed by atoms with Gasteiger partial charge in [0.05, 0.1) is 17.8 Å². The van der Waals surface area contributed by atoms with E-state index in [0.29, 0.717) is 5.02 Å². The van der Waals surface area contributed by atoms with Crippen molar-refractivity contribution in [3.8, 4) is 0 Å². The van der Waals surface area contributed by atoms with Crippen LogP contribution in [-0.4, -0.2) is 11.2 Å². The molecule has 0 saturated heterocycles. The summed E-state index contributed by atoms with van der Waals surface area (Å²) >= 11 is 6.14. The molecule has 0 radical (unpaired) electrons. The van der Waals surface area contributed by atoms with Crippen molar-refractivity contribution < 1.29 is 9.32 Å². The maximum Gasteiger partial charge on any atom is 0.315 e. The minimum Gasteiger partial charge on any atom is -0.361 e. The zero-order valence-corrected chi connectivity index (χ0v) is 15.6. The zero-order valence-electron chi connectivity index (χ0n) is 14.9. The fraction of sp³-hybridized carbons (Fsp3) is 0.474. The van der Waals surface area contributed by atoms with Crippen LogP contribution in [0.2, 0.25) is 5.02 Å². The van der Waals surface area contributed by atoms with Crippen LogP contribution in [0.5, 0.6) is 0 Å². The Balaban J connectivity index is 1.72. The number of benzene rings is 1. The predicted molar refractivity (Wildman–Crippen MR) is 97.8 cm³/mol. The molecule has 25 heavy (non-hydrogen) atoms. The summed E-state index contributed by atoms with van der Waals surface area (Å²) in [4.78, 5) is 12.6. The molecule has 1 aliphatic carbocycles. The molecule has 1 aromatic carbocycles. The Labute approximate surface area is 153 Å². The number of aryl methyl sites for hydroxylation is 3. The fourth-order valence-corrected chi connectivity index (χ4v) is 3.82. The van der Waals surface area contributed by atoms with Crippen molar-refractivity contribution in [2.24, 2.45) is 0 Å². The van der Waals surface area contributed by atoms with Gasteiger partial charge in [-0.3, -0.25) is 0 Å². The van der Waals surface area contributed by atoms with Crippen LogP contribution in [0.15, 0.2) is 22.7 Å². The van der Waals surface area contributed by atoms with Gasteiger partial charge in [-0.15, -0.1) is 0 Å². The molecule has 1 unspecified atom stereocenters. The van der Waals surface area contributed by atoms with E-state index in [2.05, 4.69) is 21.9 Å². The highest BCUT2D eigenvalue weighted by molar-refractivity contribution is 6.30. The lowest BCUT2D eigenvalue weighted by Crippen LogP contribution is -2.41. The number of hydrogen-bond donors (Lipinski definition) is 2. The van der Waals surface area contributed by atoms with Gasteiger partial charge in [-0.2, -0.15) is 0 Å². The van der Waals surface area contributed by atoms with Crippen LogP contribution in [0.1, 0.15) is 66.4 Å². The van der Waals surface area contributed by atoms with Crippen molar-refractivity contribution in [3.05, 3.63) is 51.4 Å². The van der Waals surface area contributed by atoms with Gasteiger partial charge in [-0.1, -0.05) is 29.7 Å². The van der Waals surface area contributed by atoms with Crippen molar-refractivity contribution in [2.45, 2.75) is 58.5 Å². The normalized spacial score (nSPS) is 17.7. The quantitative estimate of drug-likeness (QED) is 0.824. The van der Waals surface area contributed by atoms with Gasteiger partial charge in [0.15, 0.2) is 0 Å². The molecule has 0 bridgehead atoms. The van der Waals surface area contributed by atoms with Gasteiger partial charge in [-0.05, 0) is 62.8 Å². The molecular formula is C19H24ClN3O2. The van der Waals surface area contributed by atoms with E-state index in [-0.39, 0.29) is 18.1 Å². The first kappa shape index (κ1) is 17.8. The minimum absolute atomic E-state index is 0.00961.